The molecule has 16 heavy (non-hydrogen) atoms. The Kier molecular flexibility index (Phi) is 2.14. The molecule has 0 saturated heterocycles. The molecule has 2 aromatic heterocycles. The molecule has 0 aromatic carbocycles. The highest BCUT2D eigenvalue weighted by Gasteiger charge is 2.19. The summed E-state index contributed by atoms with van der Waals surface area (Å²) in [5.74, 6) is 2.76. The lowest BCUT2D eigenvalue weighted by Gasteiger charge is -2.01. The van der Waals surface area contributed by atoms with E-state index in [0.717, 1.165) is 28.3 Å². The van der Waals surface area contributed by atoms with Crippen molar-refractivity contribution in [2.75, 3.05) is 0 Å². The average Bonchev–Trinajstić information content (AvgIpc) is 2.85. The van der Waals surface area contributed by atoms with Gasteiger partial charge in [0.15, 0.2) is 11.6 Å². The minimum atomic E-state index is -0.0409. The summed E-state index contributed by atoms with van der Waals surface area (Å²) in [4.78, 5) is 19.0. The van der Waals surface area contributed by atoms with Gasteiger partial charge in [0.05, 0.1) is 12.0 Å². The predicted octanol–water partition coefficient (Wildman–Crippen LogP) is 2.09. The molecule has 0 bridgehead atoms. The Balaban J connectivity index is 2.21. The van der Waals surface area contributed by atoms with Gasteiger partial charge in [0.2, 0.25) is 0 Å². The summed E-state index contributed by atoms with van der Waals surface area (Å²) in [6.45, 7) is 1.93. The summed E-state index contributed by atoms with van der Waals surface area (Å²) in [5.41, 5.74) is 2.63. The minimum Gasteiger partial charge on any atom is -0.461 e. The van der Waals surface area contributed by atoms with Crippen molar-refractivity contribution in [3.63, 3.8) is 0 Å². The third kappa shape index (κ3) is 1.39. The highest BCUT2D eigenvalue weighted by Crippen LogP contribution is 2.27. The molecule has 5 heteroatoms. The van der Waals surface area contributed by atoms with Crippen molar-refractivity contribution >= 4 is 11.8 Å². The highest BCUT2D eigenvalue weighted by molar-refractivity contribution is 7.98. The monoisotopic (exact) mass is 234 g/mol. The molecule has 0 unspecified atom stereocenters. The van der Waals surface area contributed by atoms with E-state index in [0.29, 0.717) is 11.6 Å². The lowest BCUT2D eigenvalue weighted by atomic mass is 10.2. The van der Waals surface area contributed by atoms with E-state index in [-0.39, 0.29) is 5.56 Å². The maximum atomic E-state index is 11.8. The first-order valence-electron chi connectivity index (χ1n) is 5.00. The van der Waals surface area contributed by atoms with Crippen LogP contribution in [0.1, 0.15) is 16.8 Å². The number of aryl methyl sites for hydroxylation is 1. The van der Waals surface area contributed by atoms with Crippen LogP contribution in [-0.2, 0) is 11.5 Å². The molecule has 1 aliphatic rings. The Morgan fingerprint density at radius 2 is 2.38 bits per heavy atom. The molecule has 1 N–H and O–H groups in total. The molecule has 0 amide bonds. The van der Waals surface area contributed by atoms with Gasteiger partial charge in [0.1, 0.15) is 0 Å². The molecule has 82 valence electrons. The second-order valence-corrected chi connectivity index (χ2v) is 4.75. The highest BCUT2D eigenvalue weighted by atomic mass is 32.2. The van der Waals surface area contributed by atoms with Crippen LogP contribution in [-0.4, -0.2) is 9.97 Å². The number of rotatable bonds is 1. The predicted molar refractivity (Wildman–Crippen MR) is 62.3 cm³/mol. The summed E-state index contributed by atoms with van der Waals surface area (Å²) in [5, 5.41) is 0. The van der Waals surface area contributed by atoms with Gasteiger partial charge in [-0.05, 0) is 18.6 Å². The zero-order valence-corrected chi connectivity index (χ0v) is 9.56. The summed E-state index contributed by atoms with van der Waals surface area (Å²) in [6, 6.07) is 1.86. The summed E-state index contributed by atoms with van der Waals surface area (Å²) in [6.07, 6.45) is 1.60. The molecule has 3 heterocycles. The fraction of sp³-hybridized carbons (Fsp3) is 0.273. The first-order chi connectivity index (χ1) is 7.75. The molecular weight excluding hydrogens is 224 g/mol. The Bertz CT molecular complexity index is 600. The fourth-order valence-electron chi connectivity index (χ4n) is 1.79. The quantitative estimate of drug-likeness (QED) is 0.820. The Morgan fingerprint density at radius 3 is 3.12 bits per heavy atom. The van der Waals surface area contributed by atoms with Crippen LogP contribution < -0.4 is 5.56 Å². The second kappa shape index (κ2) is 3.52. The lowest BCUT2D eigenvalue weighted by Crippen LogP contribution is -2.15. The number of aromatic amines is 1. The van der Waals surface area contributed by atoms with E-state index in [2.05, 4.69) is 9.97 Å². The summed E-state index contributed by atoms with van der Waals surface area (Å²) >= 11 is 1.71. The first kappa shape index (κ1) is 9.72. The van der Waals surface area contributed by atoms with Crippen molar-refractivity contribution < 1.29 is 4.42 Å². The number of hydrogen-bond acceptors (Lipinski definition) is 4. The van der Waals surface area contributed by atoms with E-state index < -0.39 is 0 Å². The number of nitrogens with one attached hydrogen (secondary N) is 1. The maximum absolute atomic E-state index is 11.8. The van der Waals surface area contributed by atoms with Gasteiger partial charge in [0.25, 0.3) is 5.56 Å². The lowest BCUT2D eigenvalue weighted by molar-refractivity contribution is 0.575. The van der Waals surface area contributed by atoms with Crippen LogP contribution in [0, 0.1) is 6.92 Å². The number of H-pyrrole nitrogens is 1. The van der Waals surface area contributed by atoms with E-state index in [4.69, 9.17) is 4.42 Å². The van der Waals surface area contributed by atoms with Crippen molar-refractivity contribution in [3.8, 4) is 11.6 Å². The van der Waals surface area contributed by atoms with Crippen LogP contribution in [0.4, 0.5) is 0 Å². The Hall–Kier alpha value is -1.49. The topological polar surface area (TPSA) is 58.9 Å². The number of furan rings is 1. The Labute approximate surface area is 96.1 Å². The van der Waals surface area contributed by atoms with Gasteiger partial charge in [-0.2, -0.15) is 11.8 Å². The molecule has 3 rings (SSSR count). The molecule has 0 fully saturated rings. The largest absolute Gasteiger partial charge is 0.461 e. The van der Waals surface area contributed by atoms with Gasteiger partial charge in [-0.3, -0.25) is 4.79 Å². The van der Waals surface area contributed by atoms with Gasteiger partial charge >= 0.3 is 0 Å². The van der Waals surface area contributed by atoms with Crippen molar-refractivity contribution in [2.24, 2.45) is 0 Å². The fourth-order valence-corrected chi connectivity index (χ4v) is 2.82. The average molecular weight is 234 g/mol. The summed E-state index contributed by atoms with van der Waals surface area (Å²) in [7, 11) is 0. The zero-order chi connectivity index (χ0) is 11.1. The van der Waals surface area contributed by atoms with Crippen molar-refractivity contribution in [2.45, 2.75) is 18.4 Å². The number of thioether (sulfide) groups is 1. The van der Waals surface area contributed by atoms with E-state index in [1.807, 2.05) is 13.0 Å². The van der Waals surface area contributed by atoms with Crippen molar-refractivity contribution in [1.29, 1.82) is 0 Å². The number of aromatic nitrogens is 2. The molecule has 2 aromatic rings. The van der Waals surface area contributed by atoms with Crippen molar-refractivity contribution in [3.05, 3.63) is 39.5 Å². The number of hydrogen-bond donors (Lipinski definition) is 1. The van der Waals surface area contributed by atoms with Crippen LogP contribution in [0.5, 0.6) is 0 Å². The standard InChI is InChI=1S/C11H10N2O2S/c1-6-2-3-15-9(6)10-12-8-5-16-4-7(8)11(14)13-10/h2-3H,4-5H2,1H3,(H,12,13,14). The van der Waals surface area contributed by atoms with Gasteiger partial charge in [-0.1, -0.05) is 0 Å². The van der Waals surface area contributed by atoms with Crippen LogP contribution in [0.2, 0.25) is 0 Å². The Morgan fingerprint density at radius 1 is 1.50 bits per heavy atom. The first-order valence-corrected chi connectivity index (χ1v) is 6.15. The second-order valence-electron chi connectivity index (χ2n) is 3.77. The third-order valence-electron chi connectivity index (χ3n) is 2.66. The molecule has 0 atom stereocenters. The number of nitrogens with zero attached hydrogens (tertiary/aromatic N) is 1. The van der Waals surface area contributed by atoms with E-state index in [1.165, 1.54) is 0 Å². The van der Waals surface area contributed by atoms with E-state index in [1.54, 1.807) is 18.0 Å². The van der Waals surface area contributed by atoms with E-state index >= 15 is 0 Å². The molecule has 1 aliphatic heterocycles. The SMILES string of the molecule is Cc1ccoc1-c1nc2c(c(=O)[nH]1)CSC2. The van der Waals surface area contributed by atoms with Gasteiger partial charge < -0.3 is 9.40 Å². The van der Waals surface area contributed by atoms with E-state index in [9.17, 15) is 4.79 Å². The maximum Gasteiger partial charge on any atom is 0.255 e. The molecule has 0 saturated carbocycles. The number of fused-ring (bicyclic) bond motifs is 1. The van der Waals surface area contributed by atoms with Crippen molar-refractivity contribution in [1.82, 2.24) is 9.97 Å². The van der Waals surface area contributed by atoms with Gasteiger partial charge in [-0.25, -0.2) is 4.98 Å². The third-order valence-corrected chi connectivity index (χ3v) is 3.63. The van der Waals surface area contributed by atoms with Crippen LogP contribution in [0.25, 0.3) is 11.6 Å². The minimum absolute atomic E-state index is 0.0409. The van der Waals surface area contributed by atoms with Gasteiger partial charge in [-0.15, -0.1) is 0 Å². The molecule has 4 nitrogen and oxygen atoms in total. The summed E-state index contributed by atoms with van der Waals surface area (Å²) < 4.78 is 5.33. The van der Waals surface area contributed by atoms with Crippen LogP contribution in [0.15, 0.2) is 21.5 Å². The molecular formula is C11H10N2O2S. The molecule has 0 radical (unpaired) electrons. The zero-order valence-electron chi connectivity index (χ0n) is 8.74. The molecule has 0 aliphatic carbocycles. The smallest absolute Gasteiger partial charge is 0.255 e. The van der Waals surface area contributed by atoms with Crippen LogP contribution in [0.3, 0.4) is 0 Å². The van der Waals surface area contributed by atoms with Crippen LogP contribution >= 0.6 is 11.8 Å². The normalized spacial score (nSPS) is 14.1. The van der Waals surface area contributed by atoms with Gasteiger partial charge in [0, 0.05) is 17.1 Å². The molecule has 0 spiro atoms.